The Morgan fingerprint density at radius 1 is 1.33 bits per heavy atom. The molecule has 0 atom stereocenters. The van der Waals surface area contributed by atoms with Gasteiger partial charge in [-0.15, -0.1) is 0 Å². The standard InChI is InChI=1S/C12H27NOSi/c1-11(2,3)15(5,6)14-9-12(4)7-10(13)8-12/h10H,7-9,13H2,1-6H3/t10-,12+. The van der Waals surface area contributed by atoms with E-state index < -0.39 is 8.32 Å². The van der Waals surface area contributed by atoms with E-state index in [0.29, 0.717) is 16.5 Å². The summed E-state index contributed by atoms with van der Waals surface area (Å²) in [5.41, 5.74) is 6.19. The van der Waals surface area contributed by atoms with Gasteiger partial charge < -0.3 is 10.2 Å². The fourth-order valence-corrected chi connectivity index (χ4v) is 3.04. The molecule has 15 heavy (non-hydrogen) atoms. The highest BCUT2D eigenvalue weighted by Gasteiger charge is 2.43. The van der Waals surface area contributed by atoms with E-state index in [9.17, 15) is 0 Å². The Balaban J connectivity index is 2.43. The molecule has 90 valence electrons. The lowest BCUT2D eigenvalue weighted by molar-refractivity contribution is 0.0515. The molecule has 0 spiro atoms. The van der Waals surface area contributed by atoms with Gasteiger partial charge in [0.1, 0.15) is 0 Å². The molecule has 3 heteroatoms. The van der Waals surface area contributed by atoms with E-state index in [2.05, 4.69) is 40.8 Å². The lowest BCUT2D eigenvalue weighted by Gasteiger charge is -2.46. The zero-order valence-corrected chi connectivity index (χ0v) is 12.2. The van der Waals surface area contributed by atoms with Crippen LogP contribution in [0.3, 0.4) is 0 Å². The van der Waals surface area contributed by atoms with Crippen LogP contribution in [-0.4, -0.2) is 21.0 Å². The Morgan fingerprint density at radius 3 is 2.13 bits per heavy atom. The second-order valence-corrected chi connectivity index (χ2v) is 11.8. The van der Waals surface area contributed by atoms with Gasteiger partial charge in [0.25, 0.3) is 0 Å². The summed E-state index contributed by atoms with van der Waals surface area (Å²) in [6.07, 6.45) is 2.25. The quantitative estimate of drug-likeness (QED) is 0.755. The Hall–Kier alpha value is 0.137. The molecule has 0 aromatic rings. The highest BCUT2D eigenvalue weighted by Crippen LogP contribution is 2.43. The van der Waals surface area contributed by atoms with Crippen LogP contribution in [0.1, 0.15) is 40.5 Å². The van der Waals surface area contributed by atoms with Gasteiger partial charge in [-0.1, -0.05) is 27.7 Å². The van der Waals surface area contributed by atoms with E-state index in [4.69, 9.17) is 10.2 Å². The molecular weight excluding hydrogens is 202 g/mol. The fraction of sp³-hybridized carbons (Fsp3) is 1.00. The van der Waals surface area contributed by atoms with Crippen LogP contribution < -0.4 is 5.73 Å². The average Bonchev–Trinajstić information content (AvgIpc) is 1.96. The average molecular weight is 229 g/mol. The summed E-state index contributed by atoms with van der Waals surface area (Å²) in [5, 5.41) is 0.315. The zero-order chi connectivity index (χ0) is 11.9. The first-order chi connectivity index (χ1) is 6.56. The molecule has 0 amide bonds. The number of rotatable bonds is 3. The molecule has 2 nitrogen and oxygen atoms in total. The van der Waals surface area contributed by atoms with Gasteiger partial charge >= 0.3 is 0 Å². The molecule has 0 heterocycles. The maximum atomic E-state index is 6.23. The largest absolute Gasteiger partial charge is 0.416 e. The first-order valence-electron chi connectivity index (χ1n) is 5.95. The second kappa shape index (κ2) is 3.86. The molecule has 1 aliphatic carbocycles. The van der Waals surface area contributed by atoms with E-state index in [1.54, 1.807) is 0 Å². The van der Waals surface area contributed by atoms with E-state index in [1.165, 1.54) is 0 Å². The molecular formula is C12H27NOSi. The van der Waals surface area contributed by atoms with Gasteiger partial charge in [0, 0.05) is 12.6 Å². The summed E-state index contributed by atoms with van der Waals surface area (Å²) in [7, 11) is -1.56. The maximum absolute atomic E-state index is 6.23. The van der Waals surface area contributed by atoms with Crippen molar-refractivity contribution >= 4 is 8.32 Å². The molecule has 0 unspecified atom stereocenters. The molecule has 0 aromatic carbocycles. The van der Waals surface area contributed by atoms with Crippen molar-refractivity contribution in [2.75, 3.05) is 6.61 Å². The van der Waals surface area contributed by atoms with Gasteiger partial charge in [-0.3, -0.25) is 0 Å². The lowest BCUT2D eigenvalue weighted by atomic mass is 9.68. The third kappa shape index (κ3) is 3.05. The van der Waals surface area contributed by atoms with Crippen LogP contribution in [0.2, 0.25) is 18.1 Å². The van der Waals surface area contributed by atoms with Crippen LogP contribution in [0.4, 0.5) is 0 Å². The van der Waals surface area contributed by atoms with Gasteiger partial charge in [0.05, 0.1) is 0 Å². The summed E-state index contributed by atoms with van der Waals surface area (Å²) in [5.74, 6) is 0. The van der Waals surface area contributed by atoms with Gasteiger partial charge in [-0.2, -0.15) is 0 Å². The topological polar surface area (TPSA) is 35.2 Å². The van der Waals surface area contributed by atoms with Crippen molar-refractivity contribution in [2.24, 2.45) is 11.1 Å². The van der Waals surface area contributed by atoms with E-state index in [1.807, 2.05) is 0 Å². The summed E-state index contributed by atoms with van der Waals surface area (Å²) in [4.78, 5) is 0. The van der Waals surface area contributed by atoms with Crippen LogP contribution in [0.15, 0.2) is 0 Å². The first-order valence-corrected chi connectivity index (χ1v) is 8.86. The Bertz CT molecular complexity index is 226. The minimum Gasteiger partial charge on any atom is -0.416 e. The maximum Gasteiger partial charge on any atom is 0.192 e. The van der Waals surface area contributed by atoms with E-state index in [-0.39, 0.29) is 0 Å². The fourth-order valence-electron chi connectivity index (χ4n) is 1.90. The van der Waals surface area contributed by atoms with Crippen LogP contribution in [0.25, 0.3) is 0 Å². The lowest BCUT2D eigenvalue weighted by Crippen LogP contribution is -2.50. The monoisotopic (exact) mass is 229 g/mol. The predicted octanol–water partition coefficient (Wildman–Crippen LogP) is 3.14. The minimum atomic E-state index is -1.56. The summed E-state index contributed by atoms with van der Waals surface area (Å²) < 4.78 is 6.23. The molecule has 0 radical (unpaired) electrons. The van der Waals surface area contributed by atoms with Gasteiger partial charge in [-0.05, 0) is 36.4 Å². The number of nitrogens with two attached hydrogens (primary N) is 1. The van der Waals surface area contributed by atoms with Crippen molar-refractivity contribution in [3.8, 4) is 0 Å². The molecule has 0 aromatic heterocycles. The minimum absolute atomic E-state index is 0.315. The summed E-state index contributed by atoms with van der Waals surface area (Å²) >= 11 is 0. The van der Waals surface area contributed by atoms with E-state index in [0.717, 1.165) is 19.4 Å². The second-order valence-electron chi connectivity index (χ2n) is 7.03. The molecule has 1 fully saturated rings. The Labute approximate surface area is 95.7 Å². The Kier molecular flexibility index (Phi) is 3.40. The smallest absolute Gasteiger partial charge is 0.192 e. The van der Waals surface area contributed by atoms with Crippen LogP contribution in [-0.2, 0) is 4.43 Å². The highest BCUT2D eigenvalue weighted by molar-refractivity contribution is 6.74. The molecule has 1 aliphatic rings. The molecule has 2 N–H and O–H groups in total. The van der Waals surface area contributed by atoms with Gasteiger partial charge in [0.2, 0.25) is 0 Å². The zero-order valence-electron chi connectivity index (χ0n) is 11.2. The van der Waals surface area contributed by atoms with Gasteiger partial charge in [0.15, 0.2) is 8.32 Å². The van der Waals surface area contributed by atoms with Crippen molar-refractivity contribution in [3.63, 3.8) is 0 Å². The molecule has 0 saturated heterocycles. The van der Waals surface area contributed by atoms with Crippen LogP contribution in [0.5, 0.6) is 0 Å². The molecule has 1 rings (SSSR count). The third-order valence-electron chi connectivity index (χ3n) is 4.10. The molecule has 0 bridgehead atoms. The van der Waals surface area contributed by atoms with Crippen molar-refractivity contribution in [1.29, 1.82) is 0 Å². The van der Waals surface area contributed by atoms with E-state index >= 15 is 0 Å². The normalized spacial score (nSPS) is 32.6. The number of hydrogen-bond donors (Lipinski definition) is 1. The highest BCUT2D eigenvalue weighted by atomic mass is 28.4. The van der Waals surface area contributed by atoms with Crippen molar-refractivity contribution in [3.05, 3.63) is 0 Å². The molecule has 0 aliphatic heterocycles. The Morgan fingerprint density at radius 2 is 1.80 bits per heavy atom. The molecule has 1 saturated carbocycles. The van der Waals surface area contributed by atoms with Crippen molar-refractivity contribution < 1.29 is 4.43 Å². The van der Waals surface area contributed by atoms with Crippen molar-refractivity contribution in [2.45, 2.75) is 64.7 Å². The van der Waals surface area contributed by atoms with Crippen LogP contribution >= 0.6 is 0 Å². The SMILES string of the molecule is CC(C)(C)[Si](C)(C)OC[C@]1(C)C[C@H](N)C1. The predicted molar refractivity (Wildman–Crippen MR) is 68.5 cm³/mol. The third-order valence-corrected chi connectivity index (χ3v) is 8.58. The van der Waals surface area contributed by atoms with Crippen molar-refractivity contribution in [1.82, 2.24) is 0 Å². The summed E-state index contributed by atoms with van der Waals surface area (Å²) in [6, 6.07) is 0.415. The summed E-state index contributed by atoms with van der Waals surface area (Å²) in [6.45, 7) is 14.7. The van der Waals surface area contributed by atoms with Crippen LogP contribution in [0, 0.1) is 5.41 Å². The van der Waals surface area contributed by atoms with Gasteiger partial charge in [-0.25, -0.2) is 0 Å². The first kappa shape index (κ1) is 13.2. The number of hydrogen-bond acceptors (Lipinski definition) is 2.